The van der Waals surface area contributed by atoms with Crippen LogP contribution in [0.3, 0.4) is 0 Å². The predicted octanol–water partition coefficient (Wildman–Crippen LogP) is 5.46. The average molecular weight is 499 g/mol. The Labute approximate surface area is 201 Å². The van der Waals surface area contributed by atoms with Crippen molar-refractivity contribution >= 4 is 44.3 Å². The van der Waals surface area contributed by atoms with Gasteiger partial charge in [0.2, 0.25) is 0 Å². The third-order valence-electron chi connectivity index (χ3n) is 4.87. The summed E-state index contributed by atoms with van der Waals surface area (Å²) >= 11 is 3.16. The van der Waals surface area contributed by atoms with E-state index in [1.165, 1.54) is 12.1 Å². The topological polar surface area (TPSA) is 75.7 Å². The summed E-state index contributed by atoms with van der Waals surface area (Å²) in [6.07, 6.45) is 0. The number of methoxy groups -OCH3 is 1. The van der Waals surface area contributed by atoms with Crippen molar-refractivity contribution < 1.29 is 17.9 Å². The summed E-state index contributed by atoms with van der Waals surface area (Å²) in [7, 11) is -2.33. The monoisotopic (exact) mass is 498 g/mol. The van der Waals surface area contributed by atoms with Gasteiger partial charge in [0.1, 0.15) is 5.75 Å². The molecule has 0 aliphatic rings. The first-order valence-electron chi connectivity index (χ1n) is 10.1. The molecular formula is C24H22N2O4S3. The molecule has 2 aromatic carbocycles. The standard InChI is InChI=1S/C24H22N2O4S3/c1-30-20-11-9-19(10-12-20)25-33(28,29)23-8-2-5-18(15-23)24(27)26(16-21-6-3-13-31-21)17-22-7-4-14-32-22/h2-15,25H,16-17H2,1H3. The molecule has 2 aromatic heterocycles. The van der Waals surface area contributed by atoms with E-state index < -0.39 is 10.0 Å². The van der Waals surface area contributed by atoms with Crippen molar-refractivity contribution in [2.45, 2.75) is 18.0 Å². The maximum Gasteiger partial charge on any atom is 0.261 e. The molecule has 1 amide bonds. The van der Waals surface area contributed by atoms with Gasteiger partial charge in [0.15, 0.2) is 0 Å². The Morgan fingerprint density at radius 3 is 2.09 bits per heavy atom. The fourth-order valence-corrected chi connectivity index (χ4v) is 5.78. The van der Waals surface area contributed by atoms with Crippen LogP contribution in [0, 0.1) is 0 Å². The van der Waals surface area contributed by atoms with Crippen LogP contribution in [0.2, 0.25) is 0 Å². The van der Waals surface area contributed by atoms with Crippen molar-refractivity contribution in [3.8, 4) is 5.75 Å². The summed E-state index contributed by atoms with van der Waals surface area (Å²) in [5.41, 5.74) is 0.727. The van der Waals surface area contributed by atoms with Crippen LogP contribution in [-0.4, -0.2) is 26.3 Å². The normalized spacial score (nSPS) is 11.2. The highest BCUT2D eigenvalue weighted by Gasteiger charge is 2.21. The third-order valence-corrected chi connectivity index (χ3v) is 7.98. The molecule has 4 aromatic rings. The molecule has 0 saturated heterocycles. The smallest absolute Gasteiger partial charge is 0.261 e. The number of hydrogen-bond acceptors (Lipinski definition) is 6. The zero-order valence-electron chi connectivity index (χ0n) is 17.8. The number of benzene rings is 2. The van der Waals surface area contributed by atoms with Crippen LogP contribution in [-0.2, 0) is 23.1 Å². The summed E-state index contributed by atoms with van der Waals surface area (Å²) < 4.78 is 33.6. The number of rotatable bonds is 9. The number of nitrogens with zero attached hydrogens (tertiary/aromatic N) is 1. The van der Waals surface area contributed by atoms with Gasteiger partial charge in [-0.2, -0.15) is 0 Å². The lowest BCUT2D eigenvalue weighted by molar-refractivity contribution is 0.0733. The molecule has 0 radical (unpaired) electrons. The number of anilines is 1. The SMILES string of the molecule is COc1ccc(NS(=O)(=O)c2cccc(C(=O)N(Cc3cccs3)Cc3cccs3)c2)cc1. The first kappa shape index (κ1) is 23.0. The number of carbonyl (C=O) groups is 1. The van der Waals surface area contributed by atoms with Gasteiger partial charge < -0.3 is 9.64 Å². The fourth-order valence-electron chi connectivity index (χ4n) is 3.23. The lowest BCUT2D eigenvalue weighted by Crippen LogP contribution is -2.29. The van der Waals surface area contributed by atoms with Gasteiger partial charge in [-0.3, -0.25) is 9.52 Å². The molecule has 0 atom stereocenters. The third kappa shape index (κ3) is 5.81. The Morgan fingerprint density at radius 2 is 1.55 bits per heavy atom. The molecule has 170 valence electrons. The minimum absolute atomic E-state index is 0.0244. The van der Waals surface area contributed by atoms with Crippen LogP contribution >= 0.6 is 22.7 Å². The van der Waals surface area contributed by atoms with Crippen LogP contribution in [0.15, 0.2) is 88.5 Å². The fraction of sp³-hybridized carbons (Fsp3) is 0.125. The minimum atomic E-state index is -3.87. The summed E-state index contributed by atoms with van der Waals surface area (Å²) in [5, 5.41) is 3.95. The highest BCUT2D eigenvalue weighted by Crippen LogP contribution is 2.23. The lowest BCUT2D eigenvalue weighted by Gasteiger charge is -2.22. The first-order chi connectivity index (χ1) is 15.9. The van der Waals surface area contributed by atoms with Crippen molar-refractivity contribution in [1.29, 1.82) is 0 Å². The predicted molar refractivity (Wildman–Crippen MR) is 132 cm³/mol. The highest BCUT2D eigenvalue weighted by atomic mass is 32.2. The number of sulfonamides is 1. The first-order valence-corrected chi connectivity index (χ1v) is 13.3. The Kier molecular flexibility index (Phi) is 7.12. The van der Waals surface area contributed by atoms with E-state index in [0.29, 0.717) is 30.1 Å². The molecule has 0 fully saturated rings. The Balaban J connectivity index is 1.57. The average Bonchev–Trinajstić information content (AvgIpc) is 3.53. The van der Waals surface area contributed by atoms with Crippen LogP contribution in [0.1, 0.15) is 20.1 Å². The molecule has 0 aliphatic heterocycles. The second-order valence-corrected chi connectivity index (χ2v) is 10.9. The van der Waals surface area contributed by atoms with Crippen LogP contribution in [0.5, 0.6) is 5.75 Å². The van der Waals surface area contributed by atoms with Gasteiger partial charge in [-0.05, 0) is 65.4 Å². The van der Waals surface area contributed by atoms with Gasteiger partial charge in [-0.25, -0.2) is 8.42 Å². The largest absolute Gasteiger partial charge is 0.497 e. The molecule has 0 saturated carbocycles. The molecule has 4 rings (SSSR count). The van der Waals surface area contributed by atoms with Crippen LogP contribution in [0.25, 0.3) is 0 Å². The second-order valence-electron chi connectivity index (χ2n) is 7.18. The van der Waals surface area contributed by atoms with Crippen molar-refractivity contribution in [2.75, 3.05) is 11.8 Å². The van der Waals surface area contributed by atoms with Crippen molar-refractivity contribution in [1.82, 2.24) is 4.90 Å². The highest BCUT2D eigenvalue weighted by molar-refractivity contribution is 7.92. The van der Waals surface area contributed by atoms with Gasteiger partial charge in [-0.15, -0.1) is 22.7 Å². The van der Waals surface area contributed by atoms with E-state index in [0.717, 1.165) is 9.75 Å². The van der Waals surface area contributed by atoms with E-state index in [4.69, 9.17) is 4.74 Å². The molecule has 33 heavy (non-hydrogen) atoms. The van der Waals surface area contributed by atoms with Gasteiger partial charge in [0.05, 0.1) is 25.1 Å². The Bertz CT molecular complexity index is 1260. The zero-order valence-corrected chi connectivity index (χ0v) is 20.3. The van der Waals surface area contributed by atoms with E-state index in [1.807, 2.05) is 35.0 Å². The molecule has 0 aliphatic carbocycles. The molecule has 2 heterocycles. The summed E-state index contributed by atoms with van der Waals surface area (Å²) in [6.45, 7) is 0.908. The number of thiophene rings is 2. The molecule has 9 heteroatoms. The minimum Gasteiger partial charge on any atom is -0.497 e. The van der Waals surface area contributed by atoms with Gasteiger partial charge in [0.25, 0.3) is 15.9 Å². The molecule has 0 spiro atoms. The number of amides is 1. The van der Waals surface area contributed by atoms with Gasteiger partial charge in [-0.1, -0.05) is 18.2 Å². The number of carbonyl (C=O) groups excluding carboxylic acids is 1. The molecule has 6 nitrogen and oxygen atoms in total. The van der Waals surface area contributed by atoms with E-state index in [2.05, 4.69) is 4.72 Å². The maximum atomic E-state index is 13.4. The Hall–Kier alpha value is -3.14. The molecule has 0 bridgehead atoms. The van der Waals surface area contributed by atoms with Crippen LogP contribution < -0.4 is 9.46 Å². The second kappa shape index (κ2) is 10.2. The van der Waals surface area contributed by atoms with Crippen molar-refractivity contribution in [3.63, 3.8) is 0 Å². The quantitative estimate of drug-likeness (QED) is 0.332. The maximum absolute atomic E-state index is 13.4. The summed E-state index contributed by atoms with van der Waals surface area (Å²) in [6, 6.07) is 20.6. The molecule has 1 N–H and O–H groups in total. The lowest BCUT2D eigenvalue weighted by atomic mass is 10.2. The van der Waals surface area contributed by atoms with E-state index >= 15 is 0 Å². The summed E-state index contributed by atoms with van der Waals surface area (Å²) in [5.74, 6) is 0.403. The van der Waals surface area contributed by atoms with Gasteiger partial charge in [0, 0.05) is 21.0 Å². The van der Waals surface area contributed by atoms with Gasteiger partial charge >= 0.3 is 0 Å². The molecule has 0 unspecified atom stereocenters. The number of nitrogens with one attached hydrogen (secondary N) is 1. The Morgan fingerprint density at radius 1 is 0.909 bits per heavy atom. The van der Waals surface area contributed by atoms with Crippen LogP contribution in [0.4, 0.5) is 5.69 Å². The summed E-state index contributed by atoms with van der Waals surface area (Å²) in [4.78, 5) is 17.3. The van der Waals surface area contributed by atoms with E-state index in [9.17, 15) is 13.2 Å². The van der Waals surface area contributed by atoms with Crippen molar-refractivity contribution in [2.24, 2.45) is 0 Å². The number of ether oxygens (including phenoxy) is 1. The number of hydrogen-bond donors (Lipinski definition) is 1. The van der Waals surface area contributed by atoms with Crippen molar-refractivity contribution in [3.05, 3.63) is 98.9 Å². The molecular weight excluding hydrogens is 476 g/mol. The zero-order chi connectivity index (χ0) is 23.3. The van der Waals surface area contributed by atoms with E-state index in [-0.39, 0.29) is 10.8 Å². The van der Waals surface area contributed by atoms with E-state index in [1.54, 1.807) is 71.1 Å².